The van der Waals surface area contributed by atoms with Crippen molar-refractivity contribution in [3.05, 3.63) is 65.1 Å². The number of hydrogen-bond acceptors (Lipinski definition) is 5. The molecule has 4 rings (SSSR count). The van der Waals surface area contributed by atoms with E-state index in [9.17, 15) is 9.59 Å². The minimum Gasteiger partial charge on any atom is -0.467 e. The molecule has 1 amide bonds. The average molecular weight is 367 g/mol. The first-order valence-corrected chi connectivity index (χ1v) is 9.15. The van der Waals surface area contributed by atoms with Crippen LogP contribution in [0.5, 0.6) is 0 Å². The van der Waals surface area contributed by atoms with Gasteiger partial charge in [-0.1, -0.05) is 18.2 Å². The Balaban J connectivity index is 1.83. The van der Waals surface area contributed by atoms with E-state index in [0.717, 1.165) is 10.4 Å². The van der Waals surface area contributed by atoms with Crippen LogP contribution in [0.3, 0.4) is 0 Å². The first-order chi connectivity index (χ1) is 12.7. The maximum absolute atomic E-state index is 12.9. The second-order valence-electron chi connectivity index (χ2n) is 6.05. The molecule has 1 aromatic carbocycles. The van der Waals surface area contributed by atoms with Crippen LogP contribution in [0.1, 0.15) is 17.2 Å². The van der Waals surface area contributed by atoms with Crippen molar-refractivity contribution in [1.29, 1.82) is 0 Å². The molecule has 6 heteroatoms. The van der Waals surface area contributed by atoms with Gasteiger partial charge in [0.15, 0.2) is 0 Å². The molecule has 5 nitrogen and oxygen atoms in total. The molecule has 26 heavy (non-hydrogen) atoms. The predicted molar refractivity (Wildman–Crippen MR) is 99.1 cm³/mol. The lowest BCUT2D eigenvalue weighted by Gasteiger charge is -2.27. The molecule has 2 aromatic heterocycles. The maximum Gasteiger partial charge on any atom is 0.329 e. The zero-order valence-electron chi connectivity index (χ0n) is 14.1. The van der Waals surface area contributed by atoms with Gasteiger partial charge in [0.2, 0.25) is 5.91 Å². The fraction of sp³-hybridized carbons (Fsp3) is 0.200. The maximum atomic E-state index is 12.9. The van der Waals surface area contributed by atoms with Crippen LogP contribution in [0.2, 0.25) is 0 Å². The van der Waals surface area contributed by atoms with Gasteiger partial charge in [-0.25, -0.2) is 4.79 Å². The lowest BCUT2D eigenvalue weighted by atomic mass is 9.98. The first-order valence-electron chi connectivity index (χ1n) is 8.27. The van der Waals surface area contributed by atoms with Gasteiger partial charge >= 0.3 is 5.97 Å². The quantitative estimate of drug-likeness (QED) is 0.652. The van der Waals surface area contributed by atoms with Gasteiger partial charge in [-0.2, -0.15) is 0 Å². The number of methoxy groups -OCH3 is 1. The van der Waals surface area contributed by atoms with E-state index in [-0.39, 0.29) is 18.2 Å². The van der Waals surface area contributed by atoms with Gasteiger partial charge < -0.3 is 9.15 Å². The van der Waals surface area contributed by atoms with Gasteiger partial charge in [-0.15, -0.1) is 11.3 Å². The van der Waals surface area contributed by atoms with Crippen molar-refractivity contribution in [3.8, 4) is 11.3 Å². The Morgan fingerprint density at radius 1 is 1.19 bits per heavy atom. The second-order valence-corrected chi connectivity index (χ2v) is 7.03. The van der Waals surface area contributed by atoms with Gasteiger partial charge in [-0.3, -0.25) is 9.69 Å². The van der Waals surface area contributed by atoms with Crippen molar-refractivity contribution in [3.63, 3.8) is 0 Å². The normalized spacial score (nSPS) is 19.7. The number of benzene rings is 1. The summed E-state index contributed by atoms with van der Waals surface area (Å²) < 4.78 is 10.6. The molecule has 1 aliphatic rings. The number of ether oxygens (including phenoxy) is 1. The third-order valence-corrected chi connectivity index (χ3v) is 5.63. The number of carbonyl (C=O) groups is 2. The Morgan fingerprint density at radius 2 is 2.04 bits per heavy atom. The molecule has 3 heterocycles. The van der Waals surface area contributed by atoms with Gasteiger partial charge in [-0.05, 0) is 35.7 Å². The molecule has 0 unspecified atom stereocenters. The topological polar surface area (TPSA) is 59.8 Å². The first kappa shape index (κ1) is 16.6. The highest BCUT2D eigenvalue weighted by Crippen LogP contribution is 2.42. The summed E-state index contributed by atoms with van der Waals surface area (Å²) in [6.45, 7) is 0. The highest BCUT2D eigenvalue weighted by molar-refractivity contribution is 7.10. The summed E-state index contributed by atoms with van der Waals surface area (Å²) in [5.74, 6) is -0.0856. The molecule has 1 saturated heterocycles. The summed E-state index contributed by atoms with van der Waals surface area (Å²) in [6.07, 6.45) is 1.86. The number of esters is 1. The Labute approximate surface area is 154 Å². The van der Waals surface area contributed by atoms with Crippen LogP contribution in [0.4, 0.5) is 5.69 Å². The van der Waals surface area contributed by atoms with E-state index in [1.807, 2.05) is 47.8 Å². The SMILES string of the molecule is COC(=O)[C@H]1[C@@H](c2cccs2)CC(=O)N1c1ccccc1-c1ccco1. The van der Waals surface area contributed by atoms with Crippen molar-refractivity contribution in [2.24, 2.45) is 0 Å². The molecule has 0 spiro atoms. The van der Waals surface area contributed by atoms with Crippen LogP contribution in [0.15, 0.2) is 64.6 Å². The van der Waals surface area contributed by atoms with Crippen molar-refractivity contribution in [2.75, 3.05) is 12.0 Å². The number of para-hydroxylation sites is 1. The number of furan rings is 1. The predicted octanol–water partition coefficient (Wildman–Crippen LogP) is 4.07. The molecule has 0 saturated carbocycles. The molecular formula is C20H17NO4S. The standard InChI is InChI=1S/C20H17NO4S/c1-24-20(23)19-14(17-9-5-11-26-17)12-18(22)21(19)15-7-3-2-6-13(15)16-8-4-10-25-16/h2-11,14,19H,12H2,1H3/t14-,19-/m1/s1. The van der Waals surface area contributed by atoms with Crippen LogP contribution < -0.4 is 4.90 Å². The molecule has 1 fully saturated rings. The minimum atomic E-state index is -0.692. The van der Waals surface area contributed by atoms with E-state index in [1.165, 1.54) is 7.11 Å². The number of amides is 1. The summed E-state index contributed by atoms with van der Waals surface area (Å²) in [5.41, 5.74) is 1.42. The summed E-state index contributed by atoms with van der Waals surface area (Å²) in [4.78, 5) is 28.1. The van der Waals surface area contributed by atoms with E-state index < -0.39 is 12.0 Å². The molecule has 1 aliphatic heterocycles. The van der Waals surface area contributed by atoms with Crippen LogP contribution in [-0.4, -0.2) is 25.0 Å². The fourth-order valence-electron chi connectivity index (χ4n) is 3.49. The Kier molecular flexibility index (Phi) is 4.34. The largest absolute Gasteiger partial charge is 0.467 e. The van der Waals surface area contributed by atoms with Crippen molar-refractivity contribution < 1.29 is 18.7 Å². The minimum absolute atomic E-state index is 0.0993. The van der Waals surface area contributed by atoms with E-state index in [2.05, 4.69) is 0 Å². The average Bonchev–Trinajstić information content (AvgIpc) is 3.41. The monoisotopic (exact) mass is 367 g/mol. The van der Waals surface area contributed by atoms with E-state index in [1.54, 1.807) is 28.6 Å². The zero-order chi connectivity index (χ0) is 18.1. The Hall–Kier alpha value is -2.86. The fourth-order valence-corrected chi connectivity index (χ4v) is 4.35. The van der Waals surface area contributed by atoms with E-state index in [4.69, 9.17) is 9.15 Å². The third kappa shape index (κ3) is 2.72. The molecule has 132 valence electrons. The molecule has 0 aliphatic carbocycles. The summed E-state index contributed by atoms with van der Waals surface area (Å²) in [5, 5.41) is 1.95. The number of thiophene rings is 1. The van der Waals surface area contributed by atoms with Crippen LogP contribution in [-0.2, 0) is 14.3 Å². The van der Waals surface area contributed by atoms with Gasteiger partial charge in [0.05, 0.1) is 19.1 Å². The highest BCUT2D eigenvalue weighted by atomic mass is 32.1. The van der Waals surface area contributed by atoms with Crippen LogP contribution in [0, 0.1) is 0 Å². The summed E-state index contributed by atoms with van der Waals surface area (Å²) >= 11 is 1.55. The molecule has 0 radical (unpaired) electrons. The molecule has 3 aromatic rings. The van der Waals surface area contributed by atoms with Crippen molar-refractivity contribution >= 4 is 28.9 Å². The zero-order valence-corrected chi connectivity index (χ0v) is 14.9. The number of anilines is 1. The second kappa shape index (κ2) is 6.80. The lowest BCUT2D eigenvalue weighted by molar-refractivity contribution is -0.142. The van der Waals surface area contributed by atoms with Gasteiger partial charge in [0.1, 0.15) is 11.8 Å². The molecule has 0 bridgehead atoms. The van der Waals surface area contributed by atoms with E-state index >= 15 is 0 Å². The Bertz CT molecular complexity index is 917. The third-order valence-electron chi connectivity index (χ3n) is 4.62. The van der Waals surface area contributed by atoms with E-state index in [0.29, 0.717) is 11.4 Å². The summed E-state index contributed by atoms with van der Waals surface area (Å²) in [7, 11) is 1.35. The van der Waals surface area contributed by atoms with Gasteiger partial charge in [0, 0.05) is 22.8 Å². The van der Waals surface area contributed by atoms with Gasteiger partial charge in [0.25, 0.3) is 0 Å². The molecule has 2 atom stereocenters. The lowest BCUT2D eigenvalue weighted by Crippen LogP contribution is -2.41. The van der Waals surface area contributed by atoms with Crippen LogP contribution >= 0.6 is 11.3 Å². The van der Waals surface area contributed by atoms with Crippen molar-refractivity contribution in [2.45, 2.75) is 18.4 Å². The molecule has 0 N–H and O–H groups in total. The number of rotatable bonds is 4. The summed E-state index contributed by atoms with van der Waals surface area (Å²) in [6, 6.07) is 14.3. The Morgan fingerprint density at radius 3 is 2.73 bits per heavy atom. The smallest absolute Gasteiger partial charge is 0.329 e. The number of hydrogen-bond donors (Lipinski definition) is 0. The van der Waals surface area contributed by atoms with Crippen molar-refractivity contribution in [1.82, 2.24) is 0 Å². The molecular weight excluding hydrogens is 350 g/mol. The van der Waals surface area contributed by atoms with Crippen LogP contribution in [0.25, 0.3) is 11.3 Å². The number of carbonyl (C=O) groups excluding carboxylic acids is 2. The number of nitrogens with zero attached hydrogens (tertiary/aromatic N) is 1. The highest BCUT2D eigenvalue weighted by Gasteiger charge is 2.47.